The Balaban J connectivity index is 1.49. The number of para-hydroxylation sites is 1. The van der Waals surface area contributed by atoms with Gasteiger partial charge in [0.15, 0.2) is 5.69 Å². The van der Waals surface area contributed by atoms with E-state index in [9.17, 15) is 5.26 Å². The van der Waals surface area contributed by atoms with Crippen molar-refractivity contribution >= 4 is 27.5 Å². The van der Waals surface area contributed by atoms with Crippen LogP contribution in [0.25, 0.3) is 65.7 Å². The normalized spacial score (nSPS) is 10.9. The van der Waals surface area contributed by atoms with Gasteiger partial charge in [0.05, 0.1) is 29.2 Å². The van der Waals surface area contributed by atoms with Crippen molar-refractivity contribution in [2.45, 2.75) is 0 Å². The van der Waals surface area contributed by atoms with E-state index in [-0.39, 0.29) is 0 Å². The highest BCUT2D eigenvalue weighted by Crippen LogP contribution is 2.37. The van der Waals surface area contributed by atoms with Crippen LogP contribution in [-0.2, 0) is 0 Å². The molecule has 7 aromatic rings. The summed E-state index contributed by atoms with van der Waals surface area (Å²) in [6.07, 6.45) is 7.26. The van der Waals surface area contributed by atoms with Gasteiger partial charge in [-0.15, -0.1) is 0 Å². The van der Waals surface area contributed by atoms with E-state index < -0.39 is 0 Å². The van der Waals surface area contributed by atoms with Crippen molar-refractivity contribution in [3.63, 3.8) is 0 Å². The van der Waals surface area contributed by atoms with Gasteiger partial charge in [0.25, 0.3) is 0 Å². The quantitative estimate of drug-likeness (QED) is 0.216. The maximum Gasteiger partial charge on any atom is 0.188 e. The molecule has 7 rings (SSSR count). The molecule has 0 spiro atoms. The molecule has 0 radical (unpaired) electrons. The van der Waals surface area contributed by atoms with Crippen LogP contribution in [0.2, 0.25) is 0 Å². The van der Waals surface area contributed by atoms with Gasteiger partial charge in [0, 0.05) is 47.0 Å². The lowest BCUT2D eigenvalue weighted by molar-refractivity contribution is 1.18. The number of pyridine rings is 2. The summed E-state index contributed by atoms with van der Waals surface area (Å²) in [6.45, 7) is 7.51. The van der Waals surface area contributed by atoms with Crippen molar-refractivity contribution in [1.82, 2.24) is 14.5 Å². The molecule has 0 aliphatic carbocycles. The van der Waals surface area contributed by atoms with Gasteiger partial charge < -0.3 is 4.57 Å². The molecule has 4 aromatic carbocycles. The summed E-state index contributed by atoms with van der Waals surface area (Å²) in [6, 6.07) is 36.7. The summed E-state index contributed by atoms with van der Waals surface area (Å²) in [7, 11) is 0. The van der Waals surface area contributed by atoms with E-state index in [2.05, 4.69) is 61.8 Å². The first-order chi connectivity index (χ1) is 20.2. The van der Waals surface area contributed by atoms with Crippen LogP contribution in [0.1, 0.15) is 5.56 Å². The zero-order valence-electron chi connectivity index (χ0n) is 21.9. The third-order valence-corrected chi connectivity index (χ3v) is 7.35. The molecule has 0 bridgehead atoms. The third-order valence-electron chi connectivity index (χ3n) is 7.35. The van der Waals surface area contributed by atoms with Crippen molar-refractivity contribution < 1.29 is 0 Å². The second-order valence-corrected chi connectivity index (χ2v) is 9.83. The topological polar surface area (TPSA) is 58.9 Å². The maximum absolute atomic E-state index is 10.1. The van der Waals surface area contributed by atoms with Crippen LogP contribution in [0.15, 0.2) is 128 Å². The Labute approximate surface area is 237 Å². The zero-order valence-corrected chi connectivity index (χ0v) is 21.9. The highest BCUT2D eigenvalue weighted by molar-refractivity contribution is 6.10. The maximum atomic E-state index is 10.1. The van der Waals surface area contributed by atoms with Crippen molar-refractivity contribution in [3.05, 3.63) is 145 Å². The first-order valence-corrected chi connectivity index (χ1v) is 13.1. The molecule has 0 fully saturated rings. The van der Waals surface area contributed by atoms with Crippen molar-refractivity contribution in [2.24, 2.45) is 0 Å². The summed E-state index contributed by atoms with van der Waals surface area (Å²) in [4.78, 5) is 12.3. The predicted molar refractivity (Wildman–Crippen MR) is 164 cm³/mol. The second-order valence-electron chi connectivity index (χ2n) is 9.83. The largest absolute Gasteiger partial charge is 0.309 e. The fourth-order valence-electron chi connectivity index (χ4n) is 5.47. The van der Waals surface area contributed by atoms with E-state index in [1.54, 1.807) is 12.4 Å². The van der Waals surface area contributed by atoms with E-state index >= 15 is 0 Å². The van der Waals surface area contributed by atoms with Gasteiger partial charge in [-0.3, -0.25) is 9.97 Å². The van der Waals surface area contributed by atoms with Crippen molar-refractivity contribution in [2.75, 3.05) is 0 Å². The zero-order chi connectivity index (χ0) is 27.8. The molecule has 41 heavy (non-hydrogen) atoms. The molecule has 5 nitrogen and oxygen atoms in total. The summed E-state index contributed by atoms with van der Waals surface area (Å²) < 4.78 is 2.18. The molecule has 0 aliphatic rings. The number of hydrogen-bond donors (Lipinski definition) is 0. The Hall–Kier alpha value is -6.04. The fourth-order valence-corrected chi connectivity index (χ4v) is 5.47. The number of rotatable bonds is 4. The Morgan fingerprint density at radius 3 is 1.88 bits per heavy atom. The fraction of sp³-hybridized carbons (Fsp3) is 0. The molecule has 0 atom stereocenters. The number of fused-ring (bicyclic) bond motifs is 3. The molecule has 0 aliphatic heterocycles. The van der Waals surface area contributed by atoms with Gasteiger partial charge in [-0.2, -0.15) is 5.26 Å². The summed E-state index contributed by atoms with van der Waals surface area (Å²) in [5.74, 6) is 0. The molecule has 0 saturated heterocycles. The minimum Gasteiger partial charge on any atom is -0.309 e. The van der Waals surface area contributed by atoms with E-state index in [1.165, 1.54) is 0 Å². The second kappa shape index (κ2) is 9.93. The average Bonchev–Trinajstić information content (AvgIpc) is 3.38. The van der Waals surface area contributed by atoms with Crippen LogP contribution in [0.3, 0.4) is 0 Å². The van der Waals surface area contributed by atoms with E-state index in [1.807, 2.05) is 79.1 Å². The highest BCUT2D eigenvalue weighted by Gasteiger charge is 2.15. The van der Waals surface area contributed by atoms with Crippen molar-refractivity contribution in [1.29, 1.82) is 5.26 Å². The average molecular weight is 524 g/mol. The third kappa shape index (κ3) is 4.29. The minimum absolute atomic E-state index is 0.566. The SMILES string of the molecule is [C-]#[N+]c1ccc2c(c1)c1ccccc1n2-c1cc(C#N)cc(-c2cc(-c3cccnc3)cc(-c3cccnc3)c2)c1. The van der Waals surface area contributed by atoms with Crippen LogP contribution in [0, 0.1) is 17.9 Å². The molecular formula is C36H21N5. The lowest BCUT2D eigenvalue weighted by Gasteiger charge is -2.14. The molecule has 5 heteroatoms. The molecule has 3 aromatic heterocycles. The summed E-state index contributed by atoms with van der Waals surface area (Å²) in [5.41, 5.74) is 10.0. The number of nitriles is 1. The summed E-state index contributed by atoms with van der Waals surface area (Å²) >= 11 is 0. The molecule has 3 heterocycles. The standard InChI is InChI=1S/C36H21N5/c1-38-31-10-11-36-34(20-31)33-8-2-3-9-35(33)41(36)32-15-24(21-37)14-27(19-32)30-17-28(25-6-4-12-39-22-25)16-29(18-30)26-7-5-13-40-23-26/h2-20,22-23H. The Kier molecular flexibility index (Phi) is 5.82. The number of benzene rings is 4. The van der Waals surface area contributed by atoms with Gasteiger partial charge in [-0.25, -0.2) is 4.85 Å². The smallest absolute Gasteiger partial charge is 0.188 e. The molecule has 0 unspecified atom stereocenters. The molecular weight excluding hydrogens is 502 g/mol. The first kappa shape index (κ1) is 24.0. The minimum atomic E-state index is 0.566. The molecule has 0 N–H and O–H groups in total. The predicted octanol–water partition coefficient (Wildman–Crippen LogP) is 9.00. The number of hydrogen-bond acceptors (Lipinski definition) is 3. The lowest BCUT2D eigenvalue weighted by atomic mass is 9.93. The Morgan fingerprint density at radius 2 is 1.24 bits per heavy atom. The lowest BCUT2D eigenvalue weighted by Crippen LogP contribution is -1.96. The van der Waals surface area contributed by atoms with Gasteiger partial charge in [-0.05, 0) is 94.4 Å². The Morgan fingerprint density at radius 1 is 0.610 bits per heavy atom. The molecule has 190 valence electrons. The van der Waals surface area contributed by atoms with Gasteiger partial charge in [-0.1, -0.05) is 36.4 Å². The van der Waals surface area contributed by atoms with E-state index in [0.717, 1.165) is 60.9 Å². The van der Waals surface area contributed by atoms with Gasteiger partial charge in [0.1, 0.15) is 0 Å². The van der Waals surface area contributed by atoms with Gasteiger partial charge in [0.2, 0.25) is 0 Å². The van der Waals surface area contributed by atoms with E-state index in [4.69, 9.17) is 6.57 Å². The van der Waals surface area contributed by atoms with Crippen molar-refractivity contribution in [3.8, 4) is 45.1 Å². The van der Waals surface area contributed by atoms with Crippen LogP contribution >= 0.6 is 0 Å². The van der Waals surface area contributed by atoms with Crippen LogP contribution in [-0.4, -0.2) is 14.5 Å². The monoisotopic (exact) mass is 523 g/mol. The molecule has 0 amide bonds. The van der Waals surface area contributed by atoms with Crippen LogP contribution in [0.4, 0.5) is 5.69 Å². The van der Waals surface area contributed by atoms with E-state index in [0.29, 0.717) is 11.3 Å². The summed E-state index contributed by atoms with van der Waals surface area (Å²) in [5, 5.41) is 12.2. The van der Waals surface area contributed by atoms with Crippen LogP contribution in [0.5, 0.6) is 0 Å². The number of aromatic nitrogens is 3. The van der Waals surface area contributed by atoms with Gasteiger partial charge >= 0.3 is 0 Å². The highest BCUT2D eigenvalue weighted by atomic mass is 15.0. The number of nitrogens with zero attached hydrogens (tertiary/aromatic N) is 5. The first-order valence-electron chi connectivity index (χ1n) is 13.1. The Bertz CT molecular complexity index is 2110. The molecule has 0 saturated carbocycles. The van der Waals surface area contributed by atoms with Crippen LogP contribution < -0.4 is 0 Å².